The molecule has 1 aromatic heterocycles. The molecule has 1 saturated heterocycles. The number of nitrogens with one attached hydrogen (secondary N) is 2. The molecule has 0 radical (unpaired) electrons. The second-order valence-electron chi connectivity index (χ2n) is 9.94. The molecule has 1 aliphatic heterocycles. The van der Waals surface area contributed by atoms with Gasteiger partial charge >= 0.3 is 0 Å². The Morgan fingerprint density at radius 1 is 1.20 bits per heavy atom. The number of carbonyl (C=O) groups excluding carboxylic acids is 2. The molecule has 6 rings (SSSR count). The normalized spacial score (nSPS) is 29.7. The molecule has 0 spiro atoms. The van der Waals surface area contributed by atoms with Gasteiger partial charge in [0.25, 0.3) is 0 Å². The zero-order chi connectivity index (χ0) is 24.6. The number of rotatable bonds is 6. The van der Waals surface area contributed by atoms with Crippen LogP contribution in [0.15, 0.2) is 29.6 Å². The van der Waals surface area contributed by atoms with E-state index in [4.69, 9.17) is 11.6 Å². The van der Waals surface area contributed by atoms with Crippen LogP contribution in [0, 0.1) is 16.7 Å². The van der Waals surface area contributed by atoms with Gasteiger partial charge in [0.15, 0.2) is 5.13 Å². The summed E-state index contributed by atoms with van der Waals surface area (Å²) < 4.78 is 13.7. The van der Waals surface area contributed by atoms with Crippen molar-refractivity contribution in [1.82, 2.24) is 15.2 Å². The van der Waals surface area contributed by atoms with Crippen LogP contribution in [-0.4, -0.2) is 52.5 Å². The summed E-state index contributed by atoms with van der Waals surface area (Å²) in [5.74, 6) is -0.215. The van der Waals surface area contributed by atoms with Gasteiger partial charge in [0.2, 0.25) is 11.8 Å². The Labute approximate surface area is 212 Å². The highest BCUT2D eigenvalue weighted by Crippen LogP contribution is 2.53. The van der Waals surface area contributed by atoms with E-state index < -0.39 is 17.6 Å². The summed E-state index contributed by atoms with van der Waals surface area (Å²) in [6, 6.07) is 8.78. The Balaban J connectivity index is 1.16. The number of likely N-dealkylation sites (tertiary alicyclic amines) is 1. The highest BCUT2D eigenvalue weighted by molar-refractivity contribution is 7.14. The first-order valence-electron chi connectivity index (χ1n) is 11.9. The molecule has 4 fully saturated rings. The summed E-state index contributed by atoms with van der Waals surface area (Å²) in [6.45, 7) is 0.0855. The van der Waals surface area contributed by atoms with E-state index in [2.05, 4.69) is 15.6 Å². The lowest BCUT2D eigenvalue weighted by Gasteiger charge is -2.52. The molecule has 2 amide bonds. The number of fused-ring (bicyclic) bond motifs is 3. The Bertz CT molecular complexity index is 1140. The maximum atomic E-state index is 13.7. The van der Waals surface area contributed by atoms with Crippen molar-refractivity contribution in [2.75, 3.05) is 18.4 Å². The Kier molecular flexibility index (Phi) is 6.55. The van der Waals surface area contributed by atoms with Crippen molar-refractivity contribution in [1.29, 1.82) is 5.26 Å². The van der Waals surface area contributed by atoms with Crippen LogP contribution in [0.1, 0.15) is 44.9 Å². The maximum Gasteiger partial charge on any atom is 0.237 e. The molecular formula is C25H27ClFN5O2S. The van der Waals surface area contributed by atoms with Crippen LogP contribution < -0.4 is 10.6 Å². The Morgan fingerprint density at radius 2 is 1.89 bits per heavy atom. The van der Waals surface area contributed by atoms with E-state index in [-0.39, 0.29) is 36.9 Å². The van der Waals surface area contributed by atoms with Crippen molar-refractivity contribution in [2.45, 2.75) is 62.7 Å². The third-order valence-corrected chi connectivity index (χ3v) is 8.94. The third-order valence-electron chi connectivity index (χ3n) is 7.93. The van der Waals surface area contributed by atoms with Gasteiger partial charge in [-0.15, -0.1) is 11.3 Å². The van der Waals surface area contributed by atoms with Gasteiger partial charge in [-0.25, -0.2) is 9.37 Å². The highest BCUT2D eigenvalue weighted by Gasteiger charge is 2.52. The van der Waals surface area contributed by atoms with Crippen molar-refractivity contribution < 1.29 is 14.0 Å². The van der Waals surface area contributed by atoms with Gasteiger partial charge in [-0.05, 0) is 50.7 Å². The molecule has 2 heterocycles. The van der Waals surface area contributed by atoms with Crippen LogP contribution in [0.5, 0.6) is 0 Å². The summed E-state index contributed by atoms with van der Waals surface area (Å²) >= 11 is 7.37. The first-order valence-corrected chi connectivity index (χ1v) is 13.2. The van der Waals surface area contributed by atoms with Crippen molar-refractivity contribution in [2.24, 2.45) is 5.41 Å². The monoisotopic (exact) mass is 515 g/mol. The molecule has 3 aliphatic carbocycles. The molecule has 1 aromatic carbocycles. The molecule has 2 atom stereocenters. The molecule has 2 aromatic rings. The van der Waals surface area contributed by atoms with Gasteiger partial charge in [-0.1, -0.05) is 23.7 Å². The number of carbonyl (C=O) groups is 2. The first-order chi connectivity index (χ1) is 16.8. The first kappa shape index (κ1) is 24.2. The summed E-state index contributed by atoms with van der Waals surface area (Å²) in [7, 11) is 0. The van der Waals surface area contributed by atoms with Gasteiger partial charge in [-0.2, -0.15) is 5.26 Å². The van der Waals surface area contributed by atoms with Gasteiger partial charge < -0.3 is 15.5 Å². The van der Waals surface area contributed by atoms with Gasteiger partial charge in [0.1, 0.15) is 12.2 Å². The van der Waals surface area contributed by atoms with Crippen molar-refractivity contribution in [3.05, 3.63) is 34.7 Å². The van der Waals surface area contributed by atoms with Crippen molar-refractivity contribution >= 4 is 39.9 Å². The van der Waals surface area contributed by atoms with Gasteiger partial charge in [0.05, 0.1) is 24.9 Å². The number of thiazole rings is 1. The van der Waals surface area contributed by atoms with E-state index in [1.807, 2.05) is 35.7 Å². The average Bonchev–Trinajstić information content (AvgIpc) is 3.50. The number of nitrogens with zero attached hydrogens (tertiary/aromatic N) is 3. The number of alkyl halides is 1. The molecular weight excluding hydrogens is 489 g/mol. The zero-order valence-electron chi connectivity index (χ0n) is 19.2. The lowest BCUT2D eigenvalue weighted by molar-refractivity contribution is -0.135. The second kappa shape index (κ2) is 9.49. The minimum Gasteiger partial charge on any atom is -0.323 e. The molecule has 184 valence electrons. The predicted molar refractivity (Wildman–Crippen MR) is 133 cm³/mol. The fourth-order valence-corrected chi connectivity index (χ4v) is 6.49. The fraction of sp³-hybridized carbons (Fsp3) is 0.520. The molecule has 2 bridgehead atoms. The third kappa shape index (κ3) is 4.80. The number of aromatic nitrogens is 1. The lowest BCUT2D eigenvalue weighted by atomic mass is 9.57. The minimum atomic E-state index is -1.13. The molecule has 7 nitrogen and oxygen atoms in total. The molecule has 2 N–H and O–H groups in total. The number of anilines is 1. The van der Waals surface area contributed by atoms with E-state index in [1.165, 1.54) is 16.2 Å². The van der Waals surface area contributed by atoms with Crippen LogP contribution in [0.3, 0.4) is 0 Å². The number of amides is 2. The van der Waals surface area contributed by atoms with Crippen LogP contribution in [0.4, 0.5) is 9.52 Å². The van der Waals surface area contributed by atoms with Crippen molar-refractivity contribution in [3.8, 4) is 17.3 Å². The number of benzene rings is 1. The van der Waals surface area contributed by atoms with Crippen molar-refractivity contribution in [3.63, 3.8) is 0 Å². The topological polar surface area (TPSA) is 98.1 Å². The largest absolute Gasteiger partial charge is 0.323 e. The minimum absolute atomic E-state index is 0.00842. The van der Waals surface area contributed by atoms with E-state index in [0.717, 1.165) is 49.8 Å². The number of nitriles is 1. The Morgan fingerprint density at radius 3 is 2.54 bits per heavy atom. The van der Waals surface area contributed by atoms with E-state index in [0.29, 0.717) is 10.2 Å². The van der Waals surface area contributed by atoms with Crippen LogP contribution in [-0.2, 0) is 9.59 Å². The van der Waals surface area contributed by atoms with Gasteiger partial charge in [0, 0.05) is 33.3 Å². The summed E-state index contributed by atoms with van der Waals surface area (Å²) in [5, 5.41) is 18.8. The summed E-state index contributed by atoms with van der Waals surface area (Å²) in [6.07, 6.45) is 3.58. The average molecular weight is 516 g/mol. The number of halogens is 2. The van der Waals surface area contributed by atoms with Crippen LogP contribution in [0.2, 0.25) is 5.02 Å². The smallest absolute Gasteiger partial charge is 0.237 e. The van der Waals surface area contributed by atoms with E-state index in [9.17, 15) is 19.2 Å². The van der Waals surface area contributed by atoms with Crippen LogP contribution >= 0.6 is 22.9 Å². The lowest BCUT2D eigenvalue weighted by Crippen LogP contribution is -2.59. The predicted octanol–water partition coefficient (Wildman–Crippen LogP) is 4.55. The van der Waals surface area contributed by atoms with E-state index >= 15 is 0 Å². The molecule has 10 heteroatoms. The Hall–Kier alpha value is -2.54. The summed E-state index contributed by atoms with van der Waals surface area (Å²) in [5.41, 5.74) is 1.15. The SMILES string of the molecule is N#C[C@@H]1C[C@H](F)CN1C(=O)CNC12CCC(C(=O)Nc3nc(-c4ccc(Cl)cc4)cs3)(CC1)CC2. The standard InChI is InChI=1S/C25H27ClFN5O2S/c26-17-3-1-16(2-4-17)20-15-35-23(30-20)31-22(34)24-5-8-25(9-6-24,10-7-24)29-13-21(33)32-14-18(27)11-19(32)12-28/h1-4,15,18-19,29H,5-11,13-14H2,(H,30,31,34)/t18-,19-,24?,25?/m0/s1. The molecule has 4 aliphatic rings. The fourth-order valence-electron chi connectivity index (χ4n) is 5.65. The van der Waals surface area contributed by atoms with E-state index in [1.54, 1.807) is 0 Å². The number of hydrogen-bond donors (Lipinski definition) is 2. The number of hydrogen-bond acceptors (Lipinski definition) is 6. The molecule has 0 unspecified atom stereocenters. The van der Waals surface area contributed by atoms with Gasteiger partial charge in [-0.3, -0.25) is 9.59 Å². The zero-order valence-corrected chi connectivity index (χ0v) is 20.8. The second-order valence-corrected chi connectivity index (χ2v) is 11.2. The highest BCUT2D eigenvalue weighted by atomic mass is 35.5. The molecule has 35 heavy (non-hydrogen) atoms. The quantitative estimate of drug-likeness (QED) is 0.588. The summed E-state index contributed by atoms with van der Waals surface area (Å²) in [4.78, 5) is 31.8. The molecule has 3 saturated carbocycles. The van der Waals surface area contributed by atoms with Crippen LogP contribution in [0.25, 0.3) is 11.3 Å². The maximum absolute atomic E-state index is 13.7.